The van der Waals surface area contributed by atoms with Gasteiger partial charge < -0.3 is 19.7 Å². The van der Waals surface area contributed by atoms with Gasteiger partial charge in [-0.1, -0.05) is 18.2 Å². The van der Waals surface area contributed by atoms with Gasteiger partial charge in [-0.15, -0.1) is 0 Å². The summed E-state index contributed by atoms with van der Waals surface area (Å²) in [7, 11) is 0. The Morgan fingerprint density at radius 3 is 2.14 bits per heavy atom. The summed E-state index contributed by atoms with van der Waals surface area (Å²) in [4.78, 5) is 10.7. The zero-order valence-electron chi connectivity index (χ0n) is 11.4. The predicted molar refractivity (Wildman–Crippen MR) is 72.5 cm³/mol. The van der Waals surface area contributed by atoms with Crippen molar-refractivity contribution in [2.75, 3.05) is 13.2 Å². The number of aromatic hydroxyl groups is 1. The molecule has 0 aliphatic rings. The minimum Gasteiger partial charge on any atom is -0.507 e. The Hall–Kier alpha value is -2.07. The molecule has 2 aromatic carbocycles. The third kappa shape index (κ3) is 5.08. The van der Waals surface area contributed by atoms with Crippen LogP contribution in [-0.2, 0) is 19.5 Å². The van der Waals surface area contributed by atoms with Gasteiger partial charge in [-0.2, -0.15) is 0 Å². The zero-order chi connectivity index (χ0) is 14.4. The maximum atomic E-state index is 10.7. The molecule has 0 fully saturated rings. The van der Waals surface area contributed by atoms with Gasteiger partial charge in [-0.05, 0) is 24.3 Å². The number of carboxylic acids is 1. The summed E-state index contributed by atoms with van der Waals surface area (Å²) >= 11 is 0. The third-order valence-corrected chi connectivity index (χ3v) is 2.56. The van der Waals surface area contributed by atoms with Crippen LogP contribution in [0.2, 0.25) is 0 Å². The normalized spacial score (nSPS) is 9.52. The summed E-state index contributed by atoms with van der Waals surface area (Å²) in [5, 5.41) is 18.3. The first-order valence-corrected chi connectivity index (χ1v) is 6.04. The van der Waals surface area contributed by atoms with Gasteiger partial charge in [0.05, 0.1) is 0 Å². The fourth-order valence-corrected chi connectivity index (χ4v) is 1.62. The Labute approximate surface area is 134 Å². The molecule has 0 saturated heterocycles. The smallest absolute Gasteiger partial charge is 0.339 e. The predicted octanol–water partition coefficient (Wildman–Crippen LogP) is 2.55. The van der Waals surface area contributed by atoms with E-state index in [0.29, 0.717) is 19.0 Å². The van der Waals surface area contributed by atoms with Crippen LogP contribution in [0.3, 0.4) is 0 Å². The number of benzene rings is 2. The summed E-state index contributed by atoms with van der Waals surface area (Å²) in [6.07, 6.45) is 0. The van der Waals surface area contributed by atoms with Gasteiger partial charge in [0.15, 0.2) is 0 Å². The van der Waals surface area contributed by atoms with Crippen LogP contribution in [0.5, 0.6) is 17.2 Å². The molecule has 0 aliphatic carbocycles. The van der Waals surface area contributed by atoms with Gasteiger partial charge in [0.2, 0.25) is 0 Å². The van der Waals surface area contributed by atoms with Gasteiger partial charge in [0.25, 0.3) is 0 Å². The van der Waals surface area contributed by atoms with Gasteiger partial charge >= 0.3 is 5.97 Å². The average molecular weight is 340 g/mol. The molecule has 0 spiro atoms. The van der Waals surface area contributed by atoms with E-state index in [1.165, 1.54) is 18.2 Å². The number of phenols is 1. The summed E-state index contributed by atoms with van der Waals surface area (Å²) in [5.74, 6) is -0.357. The van der Waals surface area contributed by atoms with Crippen molar-refractivity contribution in [2.24, 2.45) is 0 Å². The molecule has 0 amide bonds. The number of carbonyl (C=O) groups is 1. The van der Waals surface area contributed by atoms with E-state index >= 15 is 0 Å². The fourth-order valence-electron chi connectivity index (χ4n) is 1.62. The van der Waals surface area contributed by atoms with Crippen molar-refractivity contribution in [1.82, 2.24) is 0 Å². The van der Waals surface area contributed by atoms with Crippen LogP contribution >= 0.6 is 0 Å². The van der Waals surface area contributed by atoms with Crippen molar-refractivity contribution in [3.8, 4) is 17.2 Å². The number of rotatable bonds is 6. The van der Waals surface area contributed by atoms with Crippen LogP contribution in [-0.4, -0.2) is 29.4 Å². The first kappa shape index (κ1) is 17.0. The summed E-state index contributed by atoms with van der Waals surface area (Å²) in [5.41, 5.74) is -0.155. The molecule has 0 radical (unpaired) electrons. The molecule has 2 aromatic rings. The van der Waals surface area contributed by atoms with Crippen LogP contribution in [0.1, 0.15) is 10.4 Å². The molecule has 0 aliphatic heterocycles. The summed E-state index contributed by atoms with van der Waals surface area (Å²) in [6.45, 7) is 0.645. The Morgan fingerprint density at radius 1 is 0.952 bits per heavy atom. The third-order valence-electron chi connectivity index (χ3n) is 2.56. The monoisotopic (exact) mass is 338 g/mol. The molecule has 2 N–H and O–H groups in total. The van der Waals surface area contributed by atoms with E-state index in [0.717, 1.165) is 5.75 Å². The second-order valence-electron chi connectivity index (χ2n) is 3.99. The molecular weight excluding hydrogens is 326 g/mol. The largest absolute Gasteiger partial charge is 0.507 e. The minimum atomic E-state index is -1.18. The second kappa shape index (κ2) is 8.27. The minimum absolute atomic E-state index is 0. The standard InChI is InChI=1S/C15H14O5.Zn/c16-14-10-12(6-7-13(14)15(17)18)20-9-8-19-11-4-2-1-3-5-11;/h1-7,10,16H,8-9H2,(H,17,18);. The van der Waals surface area contributed by atoms with Crippen molar-refractivity contribution in [3.05, 3.63) is 54.1 Å². The first-order valence-electron chi connectivity index (χ1n) is 6.04. The molecule has 0 saturated carbocycles. The fraction of sp³-hybridized carbons (Fsp3) is 0.133. The molecule has 0 aromatic heterocycles. The van der Waals surface area contributed by atoms with Crippen LogP contribution in [0.15, 0.2) is 48.5 Å². The number of para-hydroxylation sites is 1. The quantitative estimate of drug-likeness (QED) is 0.625. The Kier molecular flexibility index (Phi) is 6.69. The molecule has 21 heavy (non-hydrogen) atoms. The number of hydrogen-bond acceptors (Lipinski definition) is 4. The van der Waals surface area contributed by atoms with Crippen molar-refractivity contribution in [1.29, 1.82) is 0 Å². The first-order chi connectivity index (χ1) is 9.66. The van der Waals surface area contributed by atoms with Crippen molar-refractivity contribution in [2.45, 2.75) is 0 Å². The number of ether oxygens (including phenoxy) is 2. The molecule has 0 unspecified atom stereocenters. The van der Waals surface area contributed by atoms with Crippen molar-refractivity contribution < 1.29 is 44.0 Å². The molecule has 0 bridgehead atoms. The van der Waals surface area contributed by atoms with Gasteiger partial charge in [0.1, 0.15) is 36.0 Å². The molecule has 106 valence electrons. The van der Waals surface area contributed by atoms with Gasteiger partial charge in [-0.3, -0.25) is 0 Å². The Bertz CT molecular complexity index is 586. The Morgan fingerprint density at radius 2 is 1.57 bits per heavy atom. The number of aromatic carboxylic acids is 1. The van der Waals surface area contributed by atoms with Gasteiger partial charge in [0, 0.05) is 25.5 Å². The maximum absolute atomic E-state index is 10.7. The summed E-state index contributed by atoms with van der Waals surface area (Å²) in [6, 6.07) is 13.4. The van der Waals surface area contributed by atoms with Crippen LogP contribution < -0.4 is 9.47 Å². The zero-order valence-corrected chi connectivity index (χ0v) is 14.3. The van der Waals surface area contributed by atoms with E-state index in [9.17, 15) is 9.90 Å². The molecule has 6 heteroatoms. The van der Waals surface area contributed by atoms with E-state index in [-0.39, 0.29) is 30.8 Å². The van der Waals surface area contributed by atoms with E-state index in [2.05, 4.69) is 0 Å². The number of carboxylic acid groups (broad SMARTS) is 1. The van der Waals surface area contributed by atoms with Gasteiger partial charge in [-0.25, -0.2) is 4.79 Å². The summed E-state index contributed by atoms with van der Waals surface area (Å²) < 4.78 is 10.8. The molecule has 5 nitrogen and oxygen atoms in total. The van der Waals surface area contributed by atoms with E-state index in [4.69, 9.17) is 14.6 Å². The molecule has 0 heterocycles. The van der Waals surface area contributed by atoms with E-state index < -0.39 is 5.97 Å². The van der Waals surface area contributed by atoms with Crippen LogP contribution in [0.25, 0.3) is 0 Å². The molecule has 2 rings (SSSR count). The Balaban J connectivity index is 0.00000220. The molecular formula is C15H14O5Zn. The maximum Gasteiger partial charge on any atom is 0.339 e. The van der Waals surface area contributed by atoms with Crippen molar-refractivity contribution >= 4 is 5.97 Å². The van der Waals surface area contributed by atoms with Crippen LogP contribution in [0, 0.1) is 0 Å². The van der Waals surface area contributed by atoms with E-state index in [1.807, 2.05) is 30.3 Å². The average Bonchev–Trinajstić information content (AvgIpc) is 2.44. The van der Waals surface area contributed by atoms with E-state index in [1.54, 1.807) is 0 Å². The van der Waals surface area contributed by atoms with Crippen molar-refractivity contribution in [3.63, 3.8) is 0 Å². The molecule has 0 atom stereocenters. The number of hydrogen-bond donors (Lipinski definition) is 2. The SMILES string of the molecule is O=C(O)c1ccc(OCCOc2ccccc2)cc1O.[Zn]. The topological polar surface area (TPSA) is 76.0 Å². The second-order valence-corrected chi connectivity index (χ2v) is 3.99. The van der Waals surface area contributed by atoms with Crippen LogP contribution in [0.4, 0.5) is 0 Å².